The lowest BCUT2D eigenvalue weighted by molar-refractivity contribution is -0.143. The number of rotatable bonds is 8. The quantitative estimate of drug-likeness (QED) is 0.519. The molecule has 0 radical (unpaired) electrons. The molecule has 1 atom stereocenters. The highest BCUT2D eigenvalue weighted by Gasteiger charge is 2.54. The summed E-state index contributed by atoms with van der Waals surface area (Å²) < 4.78 is 0. The van der Waals surface area contributed by atoms with Crippen LogP contribution >= 0.6 is 11.6 Å². The molecule has 3 amide bonds. The van der Waals surface area contributed by atoms with Crippen molar-refractivity contribution in [2.45, 2.75) is 24.8 Å². The second-order valence-corrected chi connectivity index (χ2v) is 9.95. The van der Waals surface area contributed by atoms with E-state index in [9.17, 15) is 14.4 Å². The van der Waals surface area contributed by atoms with E-state index in [2.05, 4.69) is 9.88 Å². The van der Waals surface area contributed by atoms with Gasteiger partial charge in [-0.15, -0.1) is 0 Å². The van der Waals surface area contributed by atoms with Gasteiger partial charge in [-0.25, -0.2) is 0 Å². The zero-order valence-corrected chi connectivity index (χ0v) is 21.1. The van der Waals surface area contributed by atoms with Gasteiger partial charge in [0, 0.05) is 69.9 Å². The van der Waals surface area contributed by atoms with E-state index in [0.717, 1.165) is 25.3 Å². The van der Waals surface area contributed by atoms with Crippen LogP contribution in [-0.2, 0) is 26.3 Å². The average molecular weight is 498 g/mol. The first kappa shape index (κ1) is 25.3. The molecule has 0 N–H and O–H groups in total. The Kier molecular flexibility index (Phi) is 7.84. The molecule has 35 heavy (non-hydrogen) atoms. The van der Waals surface area contributed by atoms with E-state index in [0.29, 0.717) is 30.2 Å². The number of imide groups is 1. The number of pyridine rings is 1. The third kappa shape index (κ3) is 5.55. The second kappa shape index (κ2) is 10.8. The van der Waals surface area contributed by atoms with E-state index in [1.54, 1.807) is 35.4 Å². The predicted molar refractivity (Wildman–Crippen MR) is 134 cm³/mol. The van der Waals surface area contributed by atoms with E-state index in [1.807, 2.05) is 37.2 Å². The molecule has 2 aromatic rings. The summed E-state index contributed by atoms with van der Waals surface area (Å²) in [5.41, 5.74) is 0.275. The number of halogens is 1. The van der Waals surface area contributed by atoms with Gasteiger partial charge in [-0.2, -0.15) is 0 Å². The number of carbonyl (C=O) groups excluding carboxylic acids is 3. The van der Waals surface area contributed by atoms with Gasteiger partial charge in [0.15, 0.2) is 0 Å². The van der Waals surface area contributed by atoms with Crippen molar-refractivity contribution in [3.05, 3.63) is 64.9 Å². The maximum absolute atomic E-state index is 13.7. The fraction of sp³-hybridized carbons (Fsp3) is 0.462. The SMILES string of the molecule is CN(C)CCN1C(=O)CC(CC(=O)N2CCN(Cc3ccccn3)CC2)(c2ccccc2Cl)C1=O. The summed E-state index contributed by atoms with van der Waals surface area (Å²) in [5, 5.41) is 0.399. The van der Waals surface area contributed by atoms with Gasteiger partial charge in [0.05, 0.1) is 11.1 Å². The molecule has 9 heteroatoms. The first-order chi connectivity index (χ1) is 16.8. The van der Waals surface area contributed by atoms with E-state index >= 15 is 0 Å². The molecule has 2 aliphatic heterocycles. The second-order valence-electron chi connectivity index (χ2n) is 9.55. The lowest BCUT2D eigenvalue weighted by Crippen LogP contribution is -2.51. The fourth-order valence-corrected chi connectivity index (χ4v) is 5.18. The zero-order valence-electron chi connectivity index (χ0n) is 20.3. The monoisotopic (exact) mass is 497 g/mol. The molecule has 4 rings (SSSR count). The minimum Gasteiger partial charge on any atom is -0.340 e. The number of hydrogen-bond acceptors (Lipinski definition) is 6. The number of piperazine rings is 1. The minimum atomic E-state index is -1.27. The molecule has 3 heterocycles. The summed E-state index contributed by atoms with van der Waals surface area (Å²) in [6.45, 7) is 4.17. The van der Waals surface area contributed by atoms with E-state index < -0.39 is 5.41 Å². The molecule has 8 nitrogen and oxygen atoms in total. The average Bonchev–Trinajstić information content (AvgIpc) is 3.08. The number of benzene rings is 1. The van der Waals surface area contributed by atoms with Crippen LogP contribution in [0.2, 0.25) is 5.02 Å². The Morgan fingerprint density at radius 2 is 1.77 bits per heavy atom. The molecule has 0 spiro atoms. The molecule has 0 aliphatic carbocycles. The topological polar surface area (TPSA) is 77.1 Å². The van der Waals surface area contributed by atoms with Gasteiger partial charge >= 0.3 is 0 Å². The Labute approximate surface area is 211 Å². The van der Waals surface area contributed by atoms with Crippen molar-refractivity contribution in [1.82, 2.24) is 24.6 Å². The van der Waals surface area contributed by atoms with E-state index in [4.69, 9.17) is 11.6 Å². The molecular weight excluding hydrogens is 466 g/mol. The zero-order chi connectivity index (χ0) is 25.0. The van der Waals surface area contributed by atoms with Gasteiger partial charge in [-0.3, -0.25) is 29.2 Å². The number of amides is 3. The van der Waals surface area contributed by atoms with Crippen molar-refractivity contribution >= 4 is 29.3 Å². The van der Waals surface area contributed by atoms with Gasteiger partial charge in [-0.05, 0) is 37.9 Å². The van der Waals surface area contributed by atoms with Crippen LogP contribution in [0.15, 0.2) is 48.7 Å². The molecule has 1 aromatic heterocycles. The van der Waals surface area contributed by atoms with Crippen molar-refractivity contribution < 1.29 is 14.4 Å². The van der Waals surface area contributed by atoms with Crippen LogP contribution in [0.3, 0.4) is 0 Å². The third-order valence-corrected chi connectivity index (χ3v) is 7.19. The normalized spacial score (nSPS) is 21.3. The summed E-state index contributed by atoms with van der Waals surface area (Å²) >= 11 is 6.52. The van der Waals surface area contributed by atoms with Crippen molar-refractivity contribution in [3.8, 4) is 0 Å². The maximum Gasteiger partial charge on any atom is 0.240 e. The summed E-state index contributed by atoms with van der Waals surface area (Å²) in [7, 11) is 3.78. The van der Waals surface area contributed by atoms with Crippen LogP contribution in [0.5, 0.6) is 0 Å². The van der Waals surface area contributed by atoms with E-state index in [-0.39, 0.29) is 37.1 Å². The highest BCUT2D eigenvalue weighted by molar-refractivity contribution is 6.32. The van der Waals surface area contributed by atoms with Crippen LogP contribution in [0.25, 0.3) is 0 Å². The fourth-order valence-electron chi connectivity index (χ4n) is 4.87. The number of hydrogen-bond donors (Lipinski definition) is 0. The summed E-state index contributed by atoms with van der Waals surface area (Å²) in [6.07, 6.45) is 1.67. The molecular formula is C26H32ClN5O3. The predicted octanol–water partition coefficient (Wildman–Crippen LogP) is 2.03. The molecule has 1 unspecified atom stereocenters. The van der Waals surface area contributed by atoms with Gasteiger partial charge in [-0.1, -0.05) is 35.9 Å². The Hall–Kier alpha value is -2.81. The third-order valence-electron chi connectivity index (χ3n) is 6.86. The van der Waals surface area contributed by atoms with Gasteiger partial charge < -0.3 is 9.80 Å². The Balaban J connectivity index is 1.49. The number of likely N-dealkylation sites (N-methyl/N-ethyl adjacent to an activating group) is 1. The maximum atomic E-state index is 13.7. The van der Waals surface area contributed by atoms with Crippen molar-refractivity contribution in [1.29, 1.82) is 0 Å². The Bertz CT molecular complexity index is 1070. The Morgan fingerprint density at radius 1 is 1.06 bits per heavy atom. The van der Waals surface area contributed by atoms with Gasteiger partial charge in [0.2, 0.25) is 17.7 Å². The molecule has 1 aromatic carbocycles. The molecule has 186 valence electrons. The highest BCUT2D eigenvalue weighted by atomic mass is 35.5. The van der Waals surface area contributed by atoms with Crippen molar-refractivity contribution in [3.63, 3.8) is 0 Å². The number of carbonyl (C=O) groups is 3. The first-order valence-corrected chi connectivity index (χ1v) is 12.3. The highest BCUT2D eigenvalue weighted by Crippen LogP contribution is 2.43. The molecule has 2 fully saturated rings. The van der Waals surface area contributed by atoms with Crippen molar-refractivity contribution in [2.75, 3.05) is 53.4 Å². The van der Waals surface area contributed by atoms with Crippen LogP contribution < -0.4 is 0 Å². The summed E-state index contributed by atoms with van der Waals surface area (Å²) in [4.78, 5) is 51.9. The standard InChI is InChI=1S/C26H32ClN5O3/c1-29(2)11-16-32-24(34)18-26(25(32)35,21-8-3-4-9-22(21)27)17-23(33)31-14-12-30(13-15-31)19-20-7-5-6-10-28-20/h3-10H,11-19H2,1-2H3. The Morgan fingerprint density at radius 3 is 2.43 bits per heavy atom. The first-order valence-electron chi connectivity index (χ1n) is 11.9. The molecule has 2 aliphatic rings. The smallest absolute Gasteiger partial charge is 0.240 e. The lowest BCUT2D eigenvalue weighted by Gasteiger charge is -2.36. The summed E-state index contributed by atoms with van der Waals surface area (Å²) in [5.74, 6) is -0.720. The van der Waals surface area contributed by atoms with Crippen LogP contribution in [0, 0.1) is 0 Å². The van der Waals surface area contributed by atoms with Gasteiger partial charge in [0.1, 0.15) is 0 Å². The number of aromatic nitrogens is 1. The van der Waals surface area contributed by atoms with Gasteiger partial charge in [0.25, 0.3) is 0 Å². The minimum absolute atomic E-state index is 0.0472. The van der Waals surface area contributed by atoms with Crippen LogP contribution in [-0.4, -0.2) is 95.7 Å². The van der Waals surface area contributed by atoms with Crippen LogP contribution in [0.1, 0.15) is 24.1 Å². The summed E-state index contributed by atoms with van der Waals surface area (Å²) in [6, 6.07) is 12.9. The molecule has 2 saturated heterocycles. The lowest BCUT2D eigenvalue weighted by atomic mass is 9.75. The van der Waals surface area contributed by atoms with E-state index in [1.165, 1.54) is 4.90 Å². The number of nitrogens with zero attached hydrogens (tertiary/aromatic N) is 5. The molecule has 0 saturated carbocycles. The number of likely N-dealkylation sites (tertiary alicyclic amines) is 1. The van der Waals surface area contributed by atoms with Crippen molar-refractivity contribution in [2.24, 2.45) is 0 Å². The van der Waals surface area contributed by atoms with Crippen LogP contribution in [0.4, 0.5) is 0 Å². The molecule has 0 bridgehead atoms. The largest absolute Gasteiger partial charge is 0.340 e.